The van der Waals surface area contributed by atoms with Gasteiger partial charge in [-0.15, -0.1) is 0 Å². The molecule has 1 aromatic heterocycles. The number of carbonyl (C=O) groups is 1. The first-order valence-electron chi connectivity index (χ1n) is 10.6. The molecule has 0 bridgehead atoms. The highest BCUT2D eigenvalue weighted by Gasteiger charge is 2.13. The summed E-state index contributed by atoms with van der Waals surface area (Å²) in [5.74, 6) is 0.176. The Morgan fingerprint density at radius 2 is 1.78 bits per heavy atom. The standard InChI is InChI=1S/C25H30ClN5O/c1-15-12-16(2)14-20(13-15)24(32)29-25(28-23-9-7-8-22(26)17(23)3)27-11-10-21-18(4)30-31(6)19(21)5/h7-9,12-14H,10-11H2,1-6H3,(H2,27,28,29,32). The van der Waals surface area contributed by atoms with E-state index in [1.54, 1.807) is 0 Å². The lowest BCUT2D eigenvalue weighted by Gasteiger charge is -2.15. The van der Waals surface area contributed by atoms with Gasteiger partial charge in [0.15, 0.2) is 0 Å². The Balaban J connectivity index is 1.85. The Morgan fingerprint density at radius 3 is 2.41 bits per heavy atom. The molecule has 0 saturated heterocycles. The summed E-state index contributed by atoms with van der Waals surface area (Å²) in [7, 11) is 1.94. The molecule has 7 heteroatoms. The van der Waals surface area contributed by atoms with Crippen LogP contribution in [-0.2, 0) is 13.5 Å². The molecular weight excluding hydrogens is 422 g/mol. The summed E-state index contributed by atoms with van der Waals surface area (Å²) in [6.07, 6.45) is 0.727. The largest absolute Gasteiger partial charge is 0.326 e. The molecular formula is C25H30ClN5O. The van der Waals surface area contributed by atoms with Crippen LogP contribution in [0.5, 0.6) is 0 Å². The van der Waals surface area contributed by atoms with Gasteiger partial charge in [-0.1, -0.05) is 34.9 Å². The van der Waals surface area contributed by atoms with Gasteiger partial charge in [-0.05, 0) is 76.4 Å². The maximum Gasteiger partial charge on any atom is 0.257 e. The molecule has 1 heterocycles. The summed E-state index contributed by atoms with van der Waals surface area (Å²) in [6.45, 7) is 10.4. The third-order valence-corrected chi connectivity index (χ3v) is 5.94. The van der Waals surface area contributed by atoms with Crippen LogP contribution >= 0.6 is 11.6 Å². The fourth-order valence-electron chi connectivity index (χ4n) is 3.73. The second-order valence-corrected chi connectivity index (χ2v) is 8.53. The van der Waals surface area contributed by atoms with Gasteiger partial charge in [0.05, 0.1) is 5.69 Å². The average molecular weight is 452 g/mol. The maximum absolute atomic E-state index is 13.0. The van der Waals surface area contributed by atoms with Gasteiger partial charge in [0.1, 0.15) is 0 Å². The van der Waals surface area contributed by atoms with Crippen LogP contribution in [0.2, 0.25) is 5.02 Å². The number of carbonyl (C=O) groups excluding carboxylic acids is 1. The summed E-state index contributed by atoms with van der Waals surface area (Å²) >= 11 is 6.28. The number of rotatable bonds is 5. The topological polar surface area (TPSA) is 71.3 Å². The number of hydrogen-bond acceptors (Lipinski definition) is 3. The van der Waals surface area contributed by atoms with E-state index in [4.69, 9.17) is 11.6 Å². The molecule has 1 amide bonds. The first-order chi connectivity index (χ1) is 15.2. The average Bonchev–Trinajstić information content (AvgIpc) is 2.96. The van der Waals surface area contributed by atoms with Crippen LogP contribution in [-0.4, -0.2) is 28.2 Å². The second kappa shape index (κ2) is 10.0. The number of hydrogen-bond donors (Lipinski definition) is 2. The van der Waals surface area contributed by atoms with E-state index in [0.717, 1.165) is 40.2 Å². The third-order valence-electron chi connectivity index (χ3n) is 5.53. The number of nitrogens with zero attached hydrogens (tertiary/aromatic N) is 3. The van der Waals surface area contributed by atoms with Crippen molar-refractivity contribution in [2.75, 3.05) is 11.9 Å². The van der Waals surface area contributed by atoms with Crippen LogP contribution in [0.25, 0.3) is 0 Å². The zero-order valence-corrected chi connectivity index (χ0v) is 20.3. The number of guanidine groups is 1. The summed E-state index contributed by atoms with van der Waals surface area (Å²) in [6, 6.07) is 11.4. The monoisotopic (exact) mass is 451 g/mol. The minimum atomic E-state index is -0.212. The Kier molecular flexibility index (Phi) is 7.36. The van der Waals surface area contributed by atoms with Crippen molar-refractivity contribution in [2.24, 2.45) is 12.0 Å². The fraction of sp³-hybridized carbons (Fsp3) is 0.320. The highest BCUT2D eigenvalue weighted by Crippen LogP contribution is 2.23. The third kappa shape index (κ3) is 5.56. The lowest BCUT2D eigenvalue weighted by atomic mass is 10.1. The fourth-order valence-corrected chi connectivity index (χ4v) is 3.90. The molecule has 2 N–H and O–H groups in total. The van der Waals surface area contributed by atoms with E-state index in [9.17, 15) is 4.79 Å². The van der Waals surface area contributed by atoms with Gasteiger partial charge in [-0.25, -0.2) is 0 Å². The number of aryl methyl sites for hydroxylation is 4. The van der Waals surface area contributed by atoms with Crippen molar-refractivity contribution in [1.29, 1.82) is 0 Å². The summed E-state index contributed by atoms with van der Waals surface area (Å²) in [5, 5.41) is 11.3. The van der Waals surface area contributed by atoms with Crippen molar-refractivity contribution in [2.45, 2.75) is 41.0 Å². The Bertz CT molecular complexity index is 1160. The molecule has 0 aliphatic carbocycles. The van der Waals surface area contributed by atoms with Gasteiger partial charge in [0.25, 0.3) is 5.91 Å². The molecule has 0 spiro atoms. The maximum atomic E-state index is 13.0. The van der Waals surface area contributed by atoms with Crippen LogP contribution in [0.4, 0.5) is 5.69 Å². The summed E-state index contributed by atoms with van der Waals surface area (Å²) in [5.41, 5.74) is 7.66. The van der Waals surface area contributed by atoms with Crippen LogP contribution in [0, 0.1) is 34.6 Å². The summed E-state index contributed by atoms with van der Waals surface area (Å²) < 4.78 is 1.88. The molecule has 0 saturated carbocycles. The Hall–Kier alpha value is -3.12. The van der Waals surface area contributed by atoms with Crippen LogP contribution < -0.4 is 10.6 Å². The molecule has 0 aliphatic rings. The quantitative estimate of drug-likeness (QED) is 0.421. The number of amides is 1. The highest BCUT2D eigenvalue weighted by molar-refractivity contribution is 6.31. The number of aliphatic imine (C=N–C) groups is 1. The number of benzene rings is 2. The highest BCUT2D eigenvalue weighted by atomic mass is 35.5. The zero-order chi connectivity index (χ0) is 23.4. The second-order valence-electron chi connectivity index (χ2n) is 8.12. The van der Waals surface area contributed by atoms with Crippen molar-refractivity contribution in [3.05, 3.63) is 80.6 Å². The SMILES string of the molecule is Cc1cc(C)cc(C(=O)NC(=NCCc2c(C)nn(C)c2C)Nc2cccc(Cl)c2C)c1. The van der Waals surface area contributed by atoms with E-state index in [1.807, 2.05) is 75.8 Å². The Morgan fingerprint density at radius 1 is 1.09 bits per heavy atom. The number of aromatic nitrogens is 2. The minimum Gasteiger partial charge on any atom is -0.326 e. The molecule has 0 radical (unpaired) electrons. The predicted molar refractivity (Wildman–Crippen MR) is 132 cm³/mol. The minimum absolute atomic E-state index is 0.212. The Labute approximate surface area is 194 Å². The van der Waals surface area contributed by atoms with Crippen LogP contribution in [0.15, 0.2) is 41.4 Å². The molecule has 0 unspecified atom stereocenters. The predicted octanol–water partition coefficient (Wildman–Crippen LogP) is 5.06. The zero-order valence-electron chi connectivity index (χ0n) is 19.5. The lowest BCUT2D eigenvalue weighted by Crippen LogP contribution is -2.36. The molecule has 0 fully saturated rings. The van der Waals surface area contributed by atoms with Gasteiger partial charge < -0.3 is 5.32 Å². The summed E-state index contributed by atoms with van der Waals surface area (Å²) in [4.78, 5) is 17.7. The normalized spacial score (nSPS) is 11.5. The molecule has 6 nitrogen and oxygen atoms in total. The smallest absolute Gasteiger partial charge is 0.257 e. The van der Waals surface area contributed by atoms with Crippen LogP contribution in [0.1, 0.15) is 44.0 Å². The van der Waals surface area contributed by atoms with Gasteiger partial charge in [-0.2, -0.15) is 5.10 Å². The first kappa shape index (κ1) is 23.5. The van der Waals surface area contributed by atoms with E-state index >= 15 is 0 Å². The van der Waals surface area contributed by atoms with Crippen molar-refractivity contribution >= 4 is 29.2 Å². The molecule has 168 valence electrons. The molecule has 3 aromatic rings. The lowest BCUT2D eigenvalue weighted by molar-refractivity contribution is 0.0976. The molecule has 3 rings (SSSR count). The number of anilines is 1. The van der Waals surface area contributed by atoms with E-state index in [-0.39, 0.29) is 5.91 Å². The first-order valence-corrected chi connectivity index (χ1v) is 11.0. The van der Waals surface area contributed by atoms with Gasteiger partial charge in [0.2, 0.25) is 5.96 Å². The number of nitrogens with one attached hydrogen (secondary N) is 2. The molecule has 32 heavy (non-hydrogen) atoms. The van der Waals surface area contributed by atoms with E-state index in [1.165, 1.54) is 5.56 Å². The van der Waals surface area contributed by atoms with E-state index in [2.05, 4.69) is 27.6 Å². The van der Waals surface area contributed by atoms with Crippen molar-refractivity contribution in [3.8, 4) is 0 Å². The van der Waals surface area contributed by atoms with Crippen molar-refractivity contribution < 1.29 is 4.79 Å². The van der Waals surface area contributed by atoms with Gasteiger partial charge in [-0.3, -0.25) is 19.8 Å². The van der Waals surface area contributed by atoms with E-state index < -0.39 is 0 Å². The molecule has 0 aliphatic heterocycles. The molecule has 0 atom stereocenters. The van der Waals surface area contributed by atoms with E-state index in [0.29, 0.717) is 23.1 Å². The van der Waals surface area contributed by atoms with Crippen molar-refractivity contribution in [1.82, 2.24) is 15.1 Å². The van der Waals surface area contributed by atoms with Gasteiger partial charge >= 0.3 is 0 Å². The van der Waals surface area contributed by atoms with Gasteiger partial charge in [0, 0.05) is 35.6 Å². The molecule has 2 aromatic carbocycles. The van der Waals surface area contributed by atoms with Crippen molar-refractivity contribution in [3.63, 3.8) is 0 Å². The van der Waals surface area contributed by atoms with Crippen LogP contribution in [0.3, 0.4) is 0 Å². The number of halogens is 1.